The van der Waals surface area contributed by atoms with Crippen LogP contribution in [0.2, 0.25) is 0 Å². The van der Waals surface area contributed by atoms with Crippen LogP contribution in [0, 0.1) is 0 Å². The highest BCUT2D eigenvalue weighted by Gasteiger charge is 2.09. The van der Waals surface area contributed by atoms with Gasteiger partial charge in [0.2, 0.25) is 10.0 Å². The maximum Gasteiger partial charge on any atom is 0.233 e. The third-order valence-electron chi connectivity index (χ3n) is 1.83. The molecule has 1 aromatic heterocycles. The first-order chi connectivity index (χ1) is 7.93. The van der Waals surface area contributed by atoms with Gasteiger partial charge in [0, 0.05) is 6.04 Å². The first-order valence-electron chi connectivity index (χ1n) is 5.53. The molecule has 1 heterocycles. The van der Waals surface area contributed by atoms with Crippen LogP contribution in [0.3, 0.4) is 0 Å². The molecule has 17 heavy (non-hydrogen) atoms. The van der Waals surface area contributed by atoms with E-state index in [2.05, 4.69) is 20.2 Å². The van der Waals surface area contributed by atoms with Gasteiger partial charge in [-0.3, -0.25) is 4.72 Å². The Morgan fingerprint density at radius 3 is 2.29 bits per heavy atom. The molecule has 0 aliphatic rings. The molecule has 0 unspecified atom stereocenters. The fraction of sp³-hybridized carbons (Fsp3) is 0.600. The van der Waals surface area contributed by atoms with E-state index in [4.69, 9.17) is 0 Å². The van der Waals surface area contributed by atoms with Crippen LogP contribution in [0.25, 0.3) is 0 Å². The molecule has 6 nitrogen and oxygen atoms in total. The van der Waals surface area contributed by atoms with Crippen LogP contribution in [0.4, 0.5) is 11.6 Å². The summed E-state index contributed by atoms with van der Waals surface area (Å²) in [7, 11) is -3.29. The molecule has 0 fully saturated rings. The number of hydrogen-bond acceptors (Lipinski definition) is 5. The van der Waals surface area contributed by atoms with Crippen LogP contribution in [0.1, 0.15) is 27.2 Å². The maximum absolute atomic E-state index is 11.5. The van der Waals surface area contributed by atoms with E-state index in [1.165, 1.54) is 0 Å². The van der Waals surface area contributed by atoms with Crippen LogP contribution in [0.5, 0.6) is 0 Å². The number of nitrogens with one attached hydrogen (secondary N) is 2. The second-order valence-electron chi connectivity index (χ2n) is 4.02. The van der Waals surface area contributed by atoms with Crippen molar-refractivity contribution < 1.29 is 8.42 Å². The summed E-state index contributed by atoms with van der Waals surface area (Å²) < 4.78 is 25.3. The summed E-state index contributed by atoms with van der Waals surface area (Å²) in [5.74, 6) is 0.951. The fourth-order valence-corrected chi connectivity index (χ4v) is 2.31. The summed E-state index contributed by atoms with van der Waals surface area (Å²) in [4.78, 5) is 0. The average molecular weight is 258 g/mol. The zero-order chi connectivity index (χ0) is 12.9. The predicted molar refractivity (Wildman–Crippen MR) is 68.5 cm³/mol. The van der Waals surface area contributed by atoms with Crippen molar-refractivity contribution in [3.8, 4) is 0 Å². The minimum Gasteiger partial charge on any atom is -0.366 e. The first kappa shape index (κ1) is 13.7. The zero-order valence-electron chi connectivity index (χ0n) is 10.3. The Morgan fingerprint density at radius 2 is 1.82 bits per heavy atom. The van der Waals surface area contributed by atoms with E-state index in [9.17, 15) is 8.42 Å². The van der Waals surface area contributed by atoms with Crippen molar-refractivity contribution in [2.24, 2.45) is 0 Å². The first-order valence-corrected chi connectivity index (χ1v) is 7.19. The zero-order valence-corrected chi connectivity index (χ0v) is 11.1. The minimum absolute atomic E-state index is 0.0840. The van der Waals surface area contributed by atoms with Gasteiger partial charge in [-0.1, -0.05) is 6.92 Å². The molecular weight excluding hydrogens is 240 g/mol. The van der Waals surface area contributed by atoms with Crippen molar-refractivity contribution >= 4 is 21.7 Å². The summed E-state index contributed by atoms with van der Waals surface area (Å²) in [6.45, 7) is 5.78. The molecule has 0 atom stereocenters. The lowest BCUT2D eigenvalue weighted by Gasteiger charge is -2.09. The Balaban J connectivity index is 2.68. The second kappa shape index (κ2) is 5.81. The largest absolute Gasteiger partial charge is 0.366 e. The summed E-state index contributed by atoms with van der Waals surface area (Å²) in [6, 6.07) is 3.54. The van der Waals surface area contributed by atoms with E-state index < -0.39 is 10.0 Å². The van der Waals surface area contributed by atoms with Gasteiger partial charge in [0.05, 0.1) is 5.75 Å². The summed E-state index contributed by atoms with van der Waals surface area (Å²) >= 11 is 0. The van der Waals surface area contributed by atoms with Gasteiger partial charge in [0.1, 0.15) is 5.82 Å². The van der Waals surface area contributed by atoms with Crippen molar-refractivity contribution in [3.05, 3.63) is 12.1 Å². The average Bonchev–Trinajstić information content (AvgIpc) is 2.19. The Morgan fingerprint density at radius 1 is 1.24 bits per heavy atom. The highest BCUT2D eigenvalue weighted by molar-refractivity contribution is 7.92. The van der Waals surface area contributed by atoms with Crippen LogP contribution in [-0.4, -0.2) is 30.4 Å². The highest BCUT2D eigenvalue weighted by atomic mass is 32.2. The molecule has 0 aliphatic carbocycles. The molecule has 0 spiro atoms. The van der Waals surface area contributed by atoms with Crippen molar-refractivity contribution in [2.45, 2.75) is 33.2 Å². The monoisotopic (exact) mass is 258 g/mol. The standard InChI is InChI=1S/C10H18N4O2S/c1-4-7-17(15,16)14-10-6-5-9(12-13-10)11-8(2)3/h5-6,8H,4,7H2,1-3H3,(H,11,12)(H,13,14). The van der Waals surface area contributed by atoms with Gasteiger partial charge in [-0.2, -0.15) is 0 Å². The Hall–Kier alpha value is -1.37. The molecular formula is C10H18N4O2S. The number of anilines is 2. The second-order valence-corrected chi connectivity index (χ2v) is 5.87. The Bertz CT molecular complexity index is 442. The summed E-state index contributed by atoms with van der Waals surface area (Å²) in [5.41, 5.74) is 0. The lowest BCUT2D eigenvalue weighted by molar-refractivity contribution is 0.599. The van der Waals surface area contributed by atoms with Gasteiger partial charge in [-0.25, -0.2) is 8.42 Å². The third kappa shape index (κ3) is 4.99. The van der Waals surface area contributed by atoms with Crippen LogP contribution >= 0.6 is 0 Å². The summed E-state index contributed by atoms with van der Waals surface area (Å²) in [6.07, 6.45) is 0.565. The topological polar surface area (TPSA) is 84.0 Å². The molecule has 0 aliphatic heterocycles. The molecule has 0 bridgehead atoms. The van der Waals surface area contributed by atoms with Crippen LogP contribution in [0.15, 0.2) is 12.1 Å². The number of hydrogen-bond donors (Lipinski definition) is 2. The maximum atomic E-state index is 11.5. The summed E-state index contributed by atoms with van der Waals surface area (Å²) in [5, 5.41) is 10.7. The number of aromatic nitrogens is 2. The molecule has 1 aromatic rings. The van der Waals surface area contributed by atoms with E-state index >= 15 is 0 Å². The molecule has 0 amide bonds. The van der Waals surface area contributed by atoms with E-state index in [0.717, 1.165) is 0 Å². The van der Waals surface area contributed by atoms with Gasteiger partial charge < -0.3 is 5.32 Å². The lowest BCUT2D eigenvalue weighted by atomic mass is 10.4. The third-order valence-corrected chi connectivity index (χ3v) is 3.30. The number of nitrogens with zero attached hydrogens (tertiary/aromatic N) is 2. The van der Waals surface area contributed by atoms with Gasteiger partial charge in [-0.05, 0) is 32.4 Å². The Kier molecular flexibility index (Phi) is 4.68. The fourth-order valence-electron chi connectivity index (χ4n) is 1.24. The minimum atomic E-state index is -3.29. The van der Waals surface area contributed by atoms with Crippen LogP contribution in [-0.2, 0) is 10.0 Å². The van der Waals surface area contributed by atoms with Crippen molar-refractivity contribution in [1.29, 1.82) is 0 Å². The quantitative estimate of drug-likeness (QED) is 0.806. The number of rotatable bonds is 6. The highest BCUT2D eigenvalue weighted by Crippen LogP contribution is 2.09. The van der Waals surface area contributed by atoms with Gasteiger partial charge in [0.25, 0.3) is 0 Å². The molecule has 0 saturated carbocycles. The molecule has 7 heteroatoms. The van der Waals surface area contributed by atoms with Gasteiger partial charge in [-0.15, -0.1) is 10.2 Å². The van der Waals surface area contributed by atoms with Crippen molar-refractivity contribution in [2.75, 3.05) is 15.8 Å². The molecule has 0 saturated heterocycles. The molecule has 2 N–H and O–H groups in total. The predicted octanol–water partition coefficient (Wildman–Crippen LogP) is 1.45. The lowest BCUT2D eigenvalue weighted by Crippen LogP contribution is -2.18. The normalized spacial score (nSPS) is 11.5. The van der Waals surface area contributed by atoms with E-state index in [-0.39, 0.29) is 17.6 Å². The van der Waals surface area contributed by atoms with Gasteiger partial charge >= 0.3 is 0 Å². The molecule has 96 valence electrons. The van der Waals surface area contributed by atoms with E-state index in [1.807, 2.05) is 13.8 Å². The Labute approximate surface area is 102 Å². The van der Waals surface area contributed by atoms with Crippen molar-refractivity contribution in [3.63, 3.8) is 0 Å². The smallest absolute Gasteiger partial charge is 0.233 e. The molecule has 1 rings (SSSR count). The molecule has 0 aromatic carbocycles. The van der Waals surface area contributed by atoms with E-state index in [0.29, 0.717) is 12.2 Å². The van der Waals surface area contributed by atoms with Crippen LogP contribution < -0.4 is 10.0 Å². The molecule has 0 radical (unpaired) electrons. The van der Waals surface area contributed by atoms with Gasteiger partial charge in [0.15, 0.2) is 5.82 Å². The number of sulfonamides is 1. The SMILES string of the molecule is CCCS(=O)(=O)Nc1ccc(NC(C)C)nn1. The van der Waals surface area contributed by atoms with E-state index in [1.54, 1.807) is 19.1 Å². The van der Waals surface area contributed by atoms with Crippen molar-refractivity contribution in [1.82, 2.24) is 10.2 Å².